The van der Waals surface area contributed by atoms with Crippen molar-refractivity contribution in [2.24, 2.45) is 11.8 Å². The minimum Gasteiger partial charge on any atom is -0.367 e. The third-order valence-corrected chi connectivity index (χ3v) is 7.48. The number of fused-ring (bicyclic) bond motifs is 1. The Bertz CT molecular complexity index is 1140. The Morgan fingerprint density at radius 1 is 1.12 bits per heavy atom. The highest BCUT2D eigenvalue weighted by Crippen LogP contribution is 2.44. The van der Waals surface area contributed by atoms with E-state index in [1.54, 1.807) is 11.3 Å². The molecule has 0 aromatic carbocycles. The Balaban J connectivity index is 1.53. The summed E-state index contributed by atoms with van der Waals surface area (Å²) in [6, 6.07) is 1.97. The normalized spacial score (nSPS) is 20.8. The lowest BCUT2D eigenvalue weighted by Gasteiger charge is -2.19. The van der Waals surface area contributed by atoms with Crippen molar-refractivity contribution in [2.45, 2.75) is 71.3 Å². The summed E-state index contributed by atoms with van der Waals surface area (Å²) in [7, 11) is 0. The van der Waals surface area contributed by atoms with Gasteiger partial charge in [0.25, 0.3) is 0 Å². The maximum Gasteiger partial charge on any atom is 0.241 e. The molecule has 2 N–H and O–H groups in total. The number of rotatable bonds is 8. The molecule has 2 fully saturated rings. The number of thiazole rings is 1. The third kappa shape index (κ3) is 4.78. The molecule has 33 heavy (non-hydrogen) atoms. The average molecular weight is 473 g/mol. The van der Waals surface area contributed by atoms with E-state index in [-0.39, 0.29) is 6.04 Å². The largest absolute Gasteiger partial charge is 0.367 e. The van der Waals surface area contributed by atoms with Crippen LogP contribution in [-0.4, -0.2) is 38.9 Å². The minimum atomic E-state index is -2.27. The summed E-state index contributed by atoms with van der Waals surface area (Å²) >= 11 is 1.61. The Kier molecular flexibility index (Phi) is 6.16. The molecule has 0 radical (unpaired) electrons. The van der Waals surface area contributed by atoms with Gasteiger partial charge in [-0.2, -0.15) is 4.98 Å². The van der Waals surface area contributed by atoms with Gasteiger partial charge >= 0.3 is 0 Å². The highest BCUT2D eigenvalue weighted by Gasteiger charge is 2.32. The van der Waals surface area contributed by atoms with Crippen molar-refractivity contribution in [1.29, 1.82) is 0 Å². The summed E-state index contributed by atoms with van der Waals surface area (Å²) in [5.74, 6) is 1.63. The molecule has 0 bridgehead atoms. The molecule has 2 atom stereocenters. The zero-order chi connectivity index (χ0) is 23.1. The Morgan fingerprint density at radius 2 is 1.94 bits per heavy atom. The lowest BCUT2D eigenvalue weighted by atomic mass is 10.1. The van der Waals surface area contributed by atoms with E-state index in [2.05, 4.69) is 29.5 Å². The van der Waals surface area contributed by atoms with Crippen LogP contribution in [0.4, 0.5) is 20.5 Å². The molecule has 9 heteroatoms. The van der Waals surface area contributed by atoms with Crippen molar-refractivity contribution >= 4 is 33.3 Å². The SMILES string of the molecule is Cc1nc(NCC(C)C)nc(N[C@H]2CC[C@@H](C(F)F)C2)c1-c1nc2c(C3CC3)nccc2s1. The van der Waals surface area contributed by atoms with Gasteiger partial charge in [0.15, 0.2) is 0 Å². The zero-order valence-corrected chi connectivity index (χ0v) is 20.1. The molecule has 176 valence electrons. The number of nitrogens with one attached hydrogen (secondary N) is 2. The number of aryl methyl sites for hydroxylation is 1. The number of pyridine rings is 1. The average Bonchev–Trinajstić information content (AvgIpc) is 3.34. The Morgan fingerprint density at radius 3 is 2.64 bits per heavy atom. The monoisotopic (exact) mass is 472 g/mol. The number of anilines is 2. The van der Waals surface area contributed by atoms with E-state index < -0.39 is 12.3 Å². The zero-order valence-electron chi connectivity index (χ0n) is 19.2. The van der Waals surface area contributed by atoms with Crippen molar-refractivity contribution < 1.29 is 8.78 Å². The van der Waals surface area contributed by atoms with Gasteiger partial charge in [-0.1, -0.05) is 13.8 Å². The fourth-order valence-corrected chi connectivity index (χ4v) is 5.58. The molecule has 0 aliphatic heterocycles. The fraction of sp³-hybridized carbons (Fsp3) is 0.583. The van der Waals surface area contributed by atoms with Gasteiger partial charge in [0.2, 0.25) is 12.4 Å². The van der Waals surface area contributed by atoms with E-state index in [1.807, 2.05) is 19.2 Å². The van der Waals surface area contributed by atoms with Gasteiger partial charge in [-0.05, 0) is 51.0 Å². The van der Waals surface area contributed by atoms with E-state index >= 15 is 0 Å². The van der Waals surface area contributed by atoms with Gasteiger partial charge in [-0.3, -0.25) is 4.98 Å². The predicted molar refractivity (Wildman–Crippen MR) is 129 cm³/mol. The van der Waals surface area contributed by atoms with Crippen molar-refractivity contribution in [3.63, 3.8) is 0 Å². The second-order valence-electron chi connectivity index (χ2n) is 9.72. The van der Waals surface area contributed by atoms with E-state index in [9.17, 15) is 8.78 Å². The molecule has 2 aliphatic carbocycles. The molecule has 3 aromatic rings. The van der Waals surface area contributed by atoms with Gasteiger partial charge in [-0.15, -0.1) is 11.3 Å². The molecule has 2 aliphatic rings. The van der Waals surface area contributed by atoms with E-state index in [0.717, 1.165) is 51.6 Å². The fourth-order valence-electron chi connectivity index (χ4n) is 4.51. The topological polar surface area (TPSA) is 75.6 Å². The van der Waals surface area contributed by atoms with Crippen molar-refractivity contribution in [3.05, 3.63) is 23.7 Å². The summed E-state index contributed by atoms with van der Waals surface area (Å²) in [5, 5.41) is 7.63. The first-order valence-corrected chi connectivity index (χ1v) is 12.6. The summed E-state index contributed by atoms with van der Waals surface area (Å²) in [5.41, 5.74) is 3.72. The number of alkyl halides is 2. The second kappa shape index (κ2) is 9.08. The van der Waals surface area contributed by atoms with Crippen molar-refractivity contribution in [1.82, 2.24) is 19.9 Å². The summed E-state index contributed by atoms with van der Waals surface area (Å²) in [6.45, 7) is 6.98. The minimum absolute atomic E-state index is 0.0342. The molecule has 0 unspecified atom stereocenters. The quantitative estimate of drug-likeness (QED) is 0.404. The van der Waals surface area contributed by atoms with Crippen LogP contribution < -0.4 is 10.6 Å². The van der Waals surface area contributed by atoms with Gasteiger partial charge in [0.05, 0.1) is 21.7 Å². The molecule has 2 saturated carbocycles. The molecule has 5 rings (SSSR count). The van der Waals surface area contributed by atoms with Crippen LogP contribution in [0.3, 0.4) is 0 Å². The van der Waals surface area contributed by atoms with Gasteiger partial charge in [-0.25, -0.2) is 18.7 Å². The van der Waals surface area contributed by atoms with Gasteiger partial charge in [0.1, 0.15) is 16.3 Å². The maximum absolute atomic E-state index is 13.2. The van der Waals surface area contributed by atoms with E-state index in [0.29, 0.717) is 42.9 Å². The molecule has 0 amide bonds. The number of hydrogen-bond acceptors (Lipinski definition) is 7. The first kappa shape index (κ1) is 22.4. The predicted octanol–water partition coefficient (Wildman–Crippen LogP) is 6.25. The molecular weight excluding hydrogens is 442 g/mol. The second-order valence-corrected chi connectivity index (χ2v) is 10.7. The van der Waals surface area contributed by atoms with Gasteiger partial charge < -0.3 is 10.6 Å². The van der Waals surface area contributed by atoms with Crippen LogP contribution in [0.1, 0.15) is 63.3 Å². The smallest absolute Gasteiger partial charge is 0.241 e. The molecular formula is C24H30F2N6S. The lowest BCUT2D eigenvalue weighted by molar-refractivity contribution is 0.0803. The number of aromatic nitrogens is 4. The van der Waals surface area contributed by atoms with Crippen LogP contribution >= 0.6 is 11.3 Å². The first-order chi connectivity index (χ1) is 15.9. The summed E-state index contributed by atoms with van der Waals surface area (Å²) in [4.78, 5) is 19.1. The molecule has 0 saturated heterocycles. The lowest BCUT2D eigenvalue weighted by Crippen LogP contribution is -2.20. The standard InChI is InChI=1S/C24H30F2N6S/c1-12(2)11-28-24-29-13(3)18(22(32-24)30-16-7-6-15(10-16)21(25)26)23-31-20-17(33-23)8-9-27-19(20)14-4-5-14/h8-9,12,14-16,21H,4-7,10-11H2,1-3H3,(H2,28,29,30,32)/t15-,16+/m1/s1. The van der Waals surface area contributed by atoms with Crippen molar-refractivity contribution in [2.75, 3.05) is 17.2 Å². The number of halogens is 2. The van der Waals surface area contributed by atoms with Crippen LogP contribution in [-0.2, 0) is 0 Å². The first-order valence-electron chi connectivity index (χ1n) is 11.8. The number of hydrogen-bond donors (Lipinski definition) is 2. The third-order valence-electron chi connectivity index (χ3n) is 6.44. The maximum atomic E-state index is 13.2. The van der Waals surface area contributed by atoms with Crippen LogP contribution in [0.2, 0.25) is 0 Å². The summed E-state index contributed by atoms with van der Waals surface area (Å²) in [6.07, 6.45) is 3.61. The molecule has 3 aromatic heterocycles. The van der Waals surface area contributed by atoms with Crippen molar-refractivity contribution in [3.8, 4) is 10.6 Å². The number of nitrogens with zero attached hydrogens (tertiary/aromatic N) is 4. The van der Waals surface area contributed by atoms with E-state index in [1.165, 1.54) is 0 Å². The van der Waals surface area contributed by atoms with Crippen LogP contribution in [0.25, 0.3) is 20.8 Å². The Hall–Kier alpha value is -2.42. The summed E-state index contributed by atoms with van der Waals surface area (Å²) < 4.78 is 27.6. The van der Waals surface area contributed by atoms with Crippen LogP contribution in [0, 0.1) is 18.8 Å². The Labute approximate surface area is 196 Å². The molecule has 3 heterocycles. The van der Waals surface area contributed by atoms with Crippen LogP contribution in [0.15, 0.2) is 12.3 Å². The van der Waals surface area contributed by atoms with E-state index in [4.69, 9.17) is 15.0 Å². The highest BCUT2D eigenvalue weighted by atomic mass is 32.1. The highest BCUT2D eigenvalue weighted by molar-refractivity contribution is 7.21. The van der Waals surface area contributed by atoms with Gasteiger partial charge in [0, 0.05) is 30.6 Å². The molecule has 0 spiro atoms. The van der Waals surface area contributed by atoms with Crippen LogP contribution in [0.5, 0.6) is 0 Å². The molecule has 6 nitrogen and oxygen atoms in total.